The van der Waals surface area contributed by atoms with E-state index in [9.17, 15) is 4.79 Å². The van der Waals surface area contributed by atoms with Gasteiger partial charge in [0.1, 0.15) is 5.60 Å². The molecule has 1 fully saturated rings. The predicted octanol–water partition coefficient (Wildman–Crippen LogP) is 2.13. The Morgan fingerprint density at radius 2 is 2.36 bits per heavy atom. The summed E-state index contributed by atoms with van der Waals surface area (Å²) in [6.45, 7) is 6.07. The summed E-state index contributed by atoms with van der Waals surface area (Å²) in [6.07, 6.45) is 2.96. The van der Waals surface area contributed by atoms with Gasteiger partial charge in [-0.3, -0.25) is 4.79 Å². The Kier molecular flexibility index (Phi) is 2.21. The highest BCUT2D eigenvalue weighted by Gasteiger charge is 2.39. The Bertz CT molecular complexity index is 165. The van der Waals surface area contributed by atoms with Crippen LogP contribution >= 0.6 is 0 Å². The van der Waals surface area contributed by atoms with Gasteiger partial charge in [-0.1, -0.05) is 20.3 Å². The number of cyclic esters (lactones) is 1. The van der Waals surface area contributed by atoms with Crippen LogP contribution in [0.5, 0.6) is 0 Å². The summed E-state index contributed by atoms with van der Waals surface area (Å²) in [5.41, 5.74) is -0.161. The van der Waals surface area contributed by atoms with Crippen LogP contribution in [-0.4, -0.2) is 11.6 Å². The molecule has 0 N–H and O–H groups in total. The third kappa shape index (κ3) is 1.73. The van der Waals surface area contributed by atoms with Crippen LogP contribution in [0.3, 0.4) is 0 Å². The largest absolute Gasteiger partial charge is 0.459 e. The van der Waals surface area contributed by atoms with Crippen molar-refractivity contribution in [2.45, 2.75) is 45.6 Å². The van der Waals surface area contributed by atoms with E-state index in [1.54, 1.807) is 0 Å². The molecule has 0 spiro atoms. The lowest BCUT2D eigenvalue weighted by Gasteiger charge is -2.21. The molecule has 0 radical (unpaired) electrons. The number of carbonyl (C=O) groups excluding carboxylic acids is 1. The molecular weight excluding hydrogens is 140 g/mol. The van der Waals surface area contributed by atoms with Crippen LogP contribution in [0.15, 0.2) is 0 Å². The van der Waals surface area contributed by atoms with Gasteiger partial charge in [-0.05, 0) is 19.8 Å². The fourth-order valence-electron chi connectivity index (χ4n) is 1.80. The molecule has 2 nitrogen and oxygen atoms in total. The average molecular weight is 156 g/mol. The van der Waals surface area contributed by atoms with E-state index >= 15 is 0 Å². The van der Waals surface area contributed by atoms with E-state index in [2.05, 4.69) is 6.92 Å². The van der Waals surface area contributed by atoms with Crippen LogP contribution in [0, 0.1) is 5.92 Å². The second kappa shape index (κ2) is 2.84. The standard InChI is InChI=1S/C9H16O2/c1-4-5-9(3)6-7(2)8(10)11-9/h7H,4-6H2,1-3H3. The van der Waals surface area contributed by atoms with E-state index < -0.39 is 0 Å². The van der Waals surface area contributed by atoms with Crippen LogP contribution in [-0.2, 0) is 9.53 Å². The molecule has 2 heteroatoms. The van der Waals surface area contributed by atoms with Crippen LogP contribution in [0.2, 0.25) is 0 Å². The summed E-state index contributed by atoms with van der Waals surface area (Å²) in [5, 5.41) is 0. The van der Waals surface area contributed by atoms with E-state index in [1.807, 2.05) is 13.8 Å². The third-order valence-corrected chi connectivity index (χ3v) is 2.27. The van der Waals surface area contributed by atoms with Crippen molar-refractivity contribution in [1.29, 1.82) is 0 Å². The molecule has 0 bridgehead atoms. The minimum atomic E-state index is -0.161. The highest BCUT2D eigenvalue weighted by atomic mass is 16.6. The summed E-state index contributed by atoms with van der Waals surface area (Å²) in [4.78, 5) is 11.0. The molecule has 0 aliphatic carbocycles. The Balaban J connectivity index is 2.56. The fourth-order valence-corrected chi connectivity index (χ4v) is 1.80. The molecule has 0 aromatic rings. The first kappa shape index (κ1) is 8.57. The summed E-state index contributed by atoms with van der Waals surface area (Å²) >= 11 is 0. The zero-order chi connectivity index (χ0) is 8.48. The van der Waals surface area contributed by atoms with Gasteiger partial charge in [0.25, 0.3) is 0 Å². The molecule has 0 aromatic heterocycles. The van der Waals surface area contributed by atoms with Gasteiger partial charge in [-0.25, -0.2) is 0 Å². The van der Waals surface area contributed by atoms with Crippen LogP contribution < -0.4 is 0 Å². The van der Waals surface area contributed by atoms with Crippen molar-refractivity contribution in [2.24, 2.45) is 5.92 Å². The molecular formula is C9H16O2. The predicted molar refractivity (Wildman–Crippen MR) is 43.2 cm³/mol. The maximum absolute atomic E-state index is 11.0. The first-order valence-electron chi connectivity index (χ1n) is 4.30. The van der Waals surface area contributed by atoms with Crippen LogP contribution in [0.1, 0.15) is 40.0 Å². The first-order chi connectivity index (χ1) is 5.07. The Hall–Kier alpha value is -0.530. The minimum Gasteiger partial charge on any atom is -0.459 e. The van der Waals surface area contributed by atoms with Gasteiger partial charge >= 0.3 is 5.97 Å². The number of esters is 1. The smallest absolute Gasteiger partial charge is 0.309 e. The molecule has 1 rings (SSSR count). The van der Waals surface area contributed by atoms with Gasteiger partial charge in [0.05, 0.1) is 5.92 Å². The normalized spacial score (nSPS) is 37.4. The number of hydrogen-bond donors (Lipinski definition) is 0. The molecule has 1 saturated heterocycles. The highest BCUT2D eigenvalue weighted by molar-refractivity contribution is 5.74. The van der Waals surface area contributed by atoms with Crippen molar-refractivity contribution < 1.29 is 9.53 Å². The molecule has 0 amide bonds. The SMILES string of the molecule is CCCC1(C)CC(C)C(=O)O1. The van der Waals surface area contributed by atoms with Gasteiger partial charge in [0, 0.05) is 0 Å². The molecule has 11 heavy (non-hydrogen) atoms. The highest BCUT2D eigenvalue weighted by Crippen LogP contribution is 2.33. The molecule has 1 aliphatic rings. The van der Waals surface area contributed by atoms with Crippen molar-refractivity contribution in [3.8, 4) is 0 Å². The van der Waals surface area contributed by atoms with E-state index in [0.717, 1.165) is 19.3 Å². The molecule has 0 saturated carbocycles. The number of ether oxygens (including phenoxy) is 1. The van der Waals surface area contributed by atoms with Gasteiger partial charge < -0.3 is 4.74 Å². The second-order valence-electron chi connectivity index (χ2n) is 3.73. The lowest BCUT2D eigenvalue weighted by molar-refractivity contribution is -0.149. The lowest BCUT2D eigenvalue weighted by atomic mass is 9.93. The zero-order valence-electron chi connectivity index (χ0n) is 7.52. The van der Waals surface area contributed by atoms with Gasteiger partial charge in [0.15, 0.2) is 0 Å². The molecule has 0 aromatic carbocycles. The number of hydrogen-bond acceptors (Lipinski definition) is 2. The molecule has 64 valence electrons. The third-order valence-electron chi connectivity index (χ3n) is 2.27. The number of rotatable bonds is 2. The van der Waals surface area contributed by atoms with Crippen molar-refractivity contribution in [3.63, 3.8) is 0 Å². The van der Waals surface area contributed by atoms with Crippen molar-refractivity contribution >= 4 is 5.97 Å². The topological polar surface area (TPSA) is 26.3 Å². The van der Waals surface area contributed by atoms with Crippen molar-refractivity contribution in [1.82, 2.24) is 0 Å². The van der Waals surface area contributed by atoms with E-state index in [0.29, 0.717) is 0 Å². The summed E-state index contributed by atoms with van der Waals surface area (Å²) in [6, 6.07) is 0. The lowest BCUT2D eigenvalue weighted by Crippen LogP contribution is -2.23. The van der Waals surface area contributed by atoms with Gasteiger partial charge in [0.2, 0.25) is 0 Å². The summed E-state index contributed by atoms with van der Waals surface area (Å²) in [7, 11) is 0. The van der Waals surface area contributed by atoms with Crippen LogP contribution in [0.4, 0.5) is 0 Å². The average Bonchev–Trinajstić information content (AvgIpc) is 2.08. The fraction of sp³-hybridized carbons (Fsp3) is 0.889. The zero-order valence-corrected chi connectivity index (χ0v) is 7.52. The number of carbonyl (C=O) groups is 1. The molecule has 1 heterocycles. The maximum Gasteiger partial charge on any atom is 0.309 e. The van der Waals surface area contributed by atoms with Crippen LogP contribution in [0.25, 0.3) is 0 Å². The molecule has 2 atom stereocenters. The van der Waals surface area contributed by atoms with E-state index in [-0.39, 0.29) is 17.5 Å². The van der Waals surface area contributed by atoms with E-state index in [1.165, 1.54) is 0 Å². The Morgan fingerprint density at radius 1 is 1.73 bits per heavy atom. The van der Waals surface area contributed by atoms with Gasteiger partial charge in [-0.2, -0.15) is 0 Å². The minimum absolute atomic E-state index is 0.0269. The monoisotopic (exact) mass is 156 g/mol. The van der Waals surface area contributed by atoms with Crippen molar-refractivity contribution in [2.75, 3.05) is 0 Å². The van der Waals surface area contributed by atoms with E-state index in [4.69, 9.17) is 4.74 Å². The molecule has 2 unspecified atom stereocenters. The second-order valence-corrected chi connectivity index (χ2v) is 3.73. The summed E-state index contributed by atoms with van der Waals surface area (Å²) in [5.74, 6) is 0.0764. The van der Waals surface area contributed by atoms with Gasteiger partial charge in [-0.15, -0.1) is 0 Å². The summed E-state index contributed by atoms with van der Waals surface area (Å²) < 4.78 is 5.26. The first-order valence-corrected chi connectivity index (χ1v) is 4.30. The Morgan fingerprint density at radius 3 is 2.73 bits per heavy atom. The van der Waals surface area contributed by atoms with Crippen molar-refractivity contribution in [3.05, 3.63) is 0 Å². The Labute approximate surface area is 67.9 Å². The maximum atomic E-state index is 11.0. The quantitative estimate of drug-likeness (QED) is 0.572. The molecule has 1 aliphatic heterocycles.